The molecule has 1 heterocycles. The van der Waals surface area contributed by atoms with Gasteiger partial charge >= 0.3 is 0 Å². The van der Waals surface area contributed by atoms with Gasteiger partial charge in [0, 0.05) is 44.7 Å². The van der Waals surface area contributed by atoms with Crippen molar-refractivity contribution in [2.45, 2.75) is 19.4 Å². The summed E-state index contributed by atoms with van der Waals surface area (Å²) in [6.07, 6.45) is 0.713. The summed E-state index contributed by atoms with van der Waals surface area (Å²) >= 11 is 0. The number of hydrogen-bond acceptors (Lipinski definition) is 4. The zero-order valence-corrected chi connectivity index (χ0v) is 10.8. The van der Waals surface area contributed by atoms with Gasteiger partial charge in [0.25, 0.3) is 5.69 Å². The van der Waals surface area contributed by atoms with Crippen LogP contribution < -0.4 is 5.32 Å². The number of rotatable bonds is 3. The maximum absolute atomic E-state index is 11.6. The molecule has 1 N–H and O–H groups in total. The maximum atomic E-state index is 11.6. The highest BCUT2D eigenvalue weighted by Crippen LogP contribution is 2.15. The second-order valence-corrected chi connectivity index (χ2v) is 4.70. The molecule has 0 bridgehead atoms. The molecule has 0 spiro atoms. The van der Waals surface area contributed by atoms with Gasteiger partial charge in [-0.15, -0.1) is 0 Å². The summed E-state index contributed by atoms with van der Waals surface area (Å²) < 4.78 is 0. The van der Waals surface area contributed by atoms with Crippen molar-refractivity contribution in [2.24, 2.45) is 0 Å². The fourth-order valence-corrected chi connectivity index (χ4v) is 2.38. The van der Waals surface area contributed by atoms with Crippen molar-refractivity contribution in [3.8, 4) is 0 Å². The molecular formula is C13H17N3O3. The lowest BCUT2D eigenvalue weighted by atomic mass is 10.0. The van der Waals surface area contributed by atoms with Crippen LogP contribution in [0.2, 0.25) is 0 Å². The third kappa shape index (κ3) is 3.29. The van der Waals surface area contributed by atoms with Gasteiger partial charge in [-0.1, -0.05) is 12.1 Å². The van der Waals surface area contributed by atoms with Crippen LogP contribution in [0.3, 0.4) is 0 Å². The first-order chi connectivity index (χ1) is 9.08. The van der Waals surface area contributed by atoms with Crippen LogP contribution in [-0.2, 0) is 11.2 Å². The minimum atomic E-state index is -0.409. The van der Waals surface area contributed by atoms with Gasteiger partial charge in [-0.2, -0.15) is 0 Å². The number of nitro groups is 1. The molecule has 0 saturated carbocycles. The fraction of sp³-hybridized carbons (Fsp3) is 0.462. The van der Waals surface area contributed by atoms with Crippen molar-refractivity contribution in [1.82, 2.24) is 10.2 Å². The van der Waals surface area contributed by atoms with E-state index in [4.69, 9.17) is 0 Å². The van der Waals surface area contributed by atoms with Crippen LogP contribution in [0.1, 0.15) is 12.5 Å². The van der Waals surface area contributed by atoms with Gasteiger partial charge in [-0.3, -0.25) is 14.9 Å². The zero-order chi connectivity index (χ0) is 13.8. The first-order valence-corrected chi connectivity index (χ1v) is 6.29. The molecule has 0 aliphatic carbocycles. The number of piperazine rings is 1. The van der Waals surface area contributed by atoms with Crippen molar-refractivity contribution in [1.29, 1.82) is 0 Å². The highest BCUT2D eigenvalue weighted by Gasteiger charge is 2.24. The number of nitrogens with one attached hydrogen (secondary N) is 1. The Kier molecular flexibility index (Phi) is 4.11. The molecule has 2 rings (SSSR count). The second kappa shape index (κ2) is 5.79. The van der Waals surface area contributed by atoms with E-state index in [0.29, 0.717) is 13.0 Å². The average Bonchev–Trinajstić information content (AvgIpc) is 2.39. The smallest absolute Gasteiger partial charge is 0.269 e. The molecule has 0 radical (unpaired) electrons. The van der Waals surface area contributed by atoms with Gasteiger partial charge in [0.15, 0.2) is 0 Å². The number of nitrogens with zero attached hydrogens (tertiary/aromatic N) is 2. The SMILES string of the molecule is CC(=O)N1CCNCC1Cc1ccc([N+](=O)[O-])cc1. The van der Waals surface area contributed by atoms with E-state index < -0.39 is 4.92 Å². The Morgan fingerprint density at radius 1 is 1.47 bits per heavy atom. The summed E-state index contributed by atoms with van der Waals surface area (Å²) in [4.78, 5) is 23.6. The van der Waals surface area contributed by atoms with Crippen LogP contribution in [0.15, 0.2) is 24.3 Å². The molecule has 6 heteroatoms. The van der Waals surface area contributed by atoms with E-state index in [-0.39, 0.29) is 17.6 Å². The summed E-state index contributed by atoms with van der Waals surface area (Å²) in [5.74, 6) is 0.0772. The fourth-order valence-electron chi connectivity index (χ4n) is 2.38. The van der Waals surface area contributed by atoms with E-state index in [0.717, 1.165) is 18.7 Å². The van der Waals surface area contributed by atoms with Crippen molar-refractivity contribution in [2.75, 3.05) is 19.6 Å². The lowest BCUT2D eigenvalue weighted by Crippen LogP contribution is -2.53. The largest absolute Gasteiger partial charge is 0.337 e. The molecule has 6 nitrogen and oxygen atoms in total. The van der Waals surface area contributed by atoms with Crippen LogP contribution in [0, 0.1) is 10.1 Å². The molecule has 1 aromatic carbocycles. The van der Waals surface area contributed by atoms with Crippen LogP contribution in [0.25, 0.3) is 0 Å². The molecule has 1 amide bonds. The molecular weight excluding hydrogens is 246 g/mol. The third-order valence-corrected chi connectivity index (χ3v) is 3.37. The Labute approximate surface area is 111 Å². The minimum Gasteiger partial charge on any atom is -0.337 e. The van der Waals surface area contributed by atoms with Crippen molar-refractivity contribution in [3.63, 3.8) is 0 Å². The Morgan fingerprint density at radius 2 is 2.16 bits per heavy atom. The number of benzene rings is 1. The third-order valence-electron chi connectivity index (χ3n) is 3.37. The van der Waals surface area contributed by atoms with Crippen molar-refractivity contribution < 1.29 is 9.72 Å². The summed E-state index contributed by atoms with van der Waals surface area (Å²) in [5, 5.41) is 13.9. The van der Waals surface area contributed by atoms with Crippen LogP contribution in [-0.4, -0.2) is 41.4 Å². The summed E-state index contributed by atoms with van der Waals surface area (Å²) in [5.41, 5.74) is 1.10. The van der Waals surface area contributed by atoms with Gasteiger partial charge in [-0.25, -0.2) is 0 Å². The Morgan fingerprint density at radius 3 is 2.74 bits per heavy atom. The predicted octanol–water partition coefficient (Wildman–Crippen LogP) is 0.958. The summed E-state index contributed by atoms with van der Waals surface area (Å²) in [7, 11) is 0. The number of hydrogen-bond donors (Lipinski definition) is 1. The van der Waals surface area contributed by atoms with E-state index in [9.17, 15) is 14.9 Å². The minimum absolute atomic E-state index is 0.0772. The van der Waals surface area contributed by atoms with E-state index in [1.54, 1.807) is 19.1 Å². The van der Waals surface area contributed by atoms with Gasteiger partial charge in [-0.05, 0) is 12.0 Å². The summed E-state index contributed by atoms with van der Waals surface area (Å²) in [6, 6.07) is 6.64. The van der Waals surface area contributed by atoms with Crippen LogP contribution >= 0.6 is 0 Å². The lowest BCUT2D eigenvalue weighted by molar-refractivity contribution is -0.384. The zero-order valence-electron chi connectivity index (χ0n) is 10.8. The molecule has 0 aromatic heterocycles. The van der Waals surface area contributed by atoms with Gasteiger partial charge in [0.1, 0.15) is 0 Å². The van der Waals surface area contributed by atoms with Gasteiger partial charge < -0.3 is 10.2 Å². The predicted molar refractivity (Wildman–Crippen MR) is 70.8 cm³/mol. The van der Waals surface area contributed by atoms with Crippen LogP contribution in [0.5, 0.6) is 0 Å². The highest BCUT2D eigenvalue weighted by atomic mass is 16.6. The van der Waals surface area contributed by atoms with E-state index in [1.165, 1.54) is 12.1 Å². The van der Waals surface area contributed by atoms with Crippen LogP contribution in [0.4, 0.5) is 5.69 Å². The Hall–Kier alpha value is -1.95. The quantitative estimate of drug-likeness (QED) is 0.651. The van der Waals surface area contributed by atoms with Crippen molar-refractivity contribution in [3.05, 3.63) is 39.9 Å². The monoisotopic (exact) mass is 263 g/mol. The van der Waals surface area contributed by atoms with Crippen molar-refractivity contribution >= 4 is 11.6 Å². The van der Waals surface area contributed by atoms with E-state index in [2.05, 4.69) is 5.32 Å². The molecule has 1 aromatic rings. The van der Waals surface area contributed by atoms with E-state index >= 15 is 0 Å². The number of nitro benzene ring substituents is 1. The molecule has 1 atom stereocenters. The molecule has 1 saturated heterocycles. The number of amides is 1. The average molecular weight is 263 g/mol. The second-order valence-electron chi connectivity index (χ2n) is 4.70. The first-order valence-electron chi connectivity index (χ1n) is 6.29. The normalized spacial score (nSPS) is 19.2. The number of carbonyl (C=O) groups excluding carboxylic acids is 1. The Balaban J connectivity index is 2.06. The standard InChI is InChI=1S/C13H17N3O3/c1-10(17)15-7-6-14-9-13(15)8-11-2-4-12(5-3-11)16(18)19/h2-5,13-14H,6-9H2,1H3. The lowest BCUT2D eigenvalue weighted by Gasteiger charge is -2.35. The number of carbonyl (C=O) groups is 1. The molecule has 1 aliphatic heterocycles. The summed E-state index contributed by atoms with van der Waals surface area (Å²) in [6.45, 7) is 3.87. The Bertz CT molecular complexity index is 473. The molecule has 19 heavy (non-hydrogen) atoms. The van der Waals surface area contributed by atoms with Gasteiger partial charge in [0.2, 0.25) is 5.91 Å². The van der Waals surface area contributed by atoms with E-state index in [1.807, 2.05) is 4.90 Å². The maximum Gasteiger partial charge on any atom is 0.269 e. The first kappa shape index (κ1) is 13.5. The van der Waals surface area contributed by atoms with Gasteiger partial charge in [0.05, 0.1) is 4.92 Å². The highest BCUT2D eigenvalue weighted by molar-refractivity contribution is 5.73. The number of non-ortho nitro benzene ring substituents is 1. The molecule has 1 unspecified atom stereocenters. The molecule has 1 aliphatic rings. The topological polar surface area (TPSA) is 75.5 Å². The molecule has 102 valence electrons. The molecule has 1 fully saturated rings.